The Morgan fingerprint density at radius 1 is 1.23 bits per heavy atom. The van der Waals surface area contributed by atoms with Crippen molar-refractivity contribution in [2.75, 3.05) is 23.8 Å². The first-order chi connectivity index (χ1) is 14.6. The molecule has 0 amide bonds. The molecule has 3 N–H and O–H groups in total. The molecule has 2 aromatic carbocycles. The van der Waals surface area contributed by atoms with Crippen molar-refractivity contribution in [2.24, 2.45) is 0 Å². The summed E-state index contributed by atoms with van der Waals surface area (Å²) in [7, 11) is 0. The fourth-order valence-electron chi connectivity index (χ4n) is 2.90. The van der Waals surface area contributed by atoms with Crippen molar-refractivity contribution in [2.45, 2.75) is 19.1 Å². The largest absolute Gasteiger partial charge is 0.416 e. The summed E-state index contributed by atoms with van der Waals surface area (Å²) in [6.07, 6.45) is -4.73. The zero-order chi connectivity index (χ0) is 22.8. The maximum atomic E-state index is 13.2. The molecule has 164 valence electrons. The monoisotopic (exact) mass is 499 g/mol. The van der Waals surface area contributed by atoms with Crippen LogP contribution in [0.4, 0.5) is 30.6 Å². The van der Waals surface area contributed by atoms with Crippen LogP contribution in [-0.2, 0) is 6.18 Å². The fourth-order valence-corrected chi connectivity index (χ4v) is 3.26. The summed E-state index contributed by atoms with van der Waals surface area (Å²) in [5.41, 5.74) is -1.12. The summed E-state index contributed by atoms with van der Waals surface area (Å²) < 4.78 is 40.4. The van der Waals surface area contributed by atoms with Gasteiger partial charge in [0.1, 0.15) is 5.82 Å². The van der Waals surface area contributed by atoms with Crippen LogP contribution < -0.4 is 10.6 Å². The van der Waals surface area contributed by atoms with Crippen LogP contribution in [0.25, 0.3) is 10.9 Å². The minimum absolute atomic E-state index is 0.0770. The molecule has 3 aromatic rings. The summed E-state index contributed by atoms with van der Waals surface area (Å²) >= 11 is 3.36. The molecule has 3 rings (SSSR count). The summed E-state index contributed by atoms with van der Waals surface area (Å²) in [6, 6.07) is 6.97. The SMILES string of the molecule is C[C@@H](Nc1nc(NCCO)nc2ccc(Br)cc12)c1cc([N+](=O)[O-])cc(C(F)(F)F)c1. The van der Waals surface area contributed by atoms with Crippen LogP contribution in [0.15, 0.2) is 40.9 Å². The summed E-state index contributed by atoms with van der Waals surface area (Å²) in [5.74, 6) is 0.535. The highest BCUT2D eigenvalue weighted by Crippen LogP contribution is 2.35. The van der Waals surface area contributed by atoms with Crippen LogP contribution in [0.3, 0.4) is 0 Å². The predicted octanol–water partition coefficient (Wildman–Crippen LogP) is 4.90. The van der Waals surface area contributed by atoms with E-state index in [0.717, 1.165) is 16.6 Å². The molecule has 0 radical (unpaired) electrons. The molecule has 1 aromatic heterocycles. The van der Waals surface area contributed by atoms with Crippen molar-refractivity contribution < 1.29 is 23.2 Å². The van der Waals surface area contributed by atoms with Gasteiger partial charge in [0, 0.05) is 28.5 Å². The van der Waals surface area contributed by atoms with Crippen molar-refractivity contribution >= 4 is 44.3 Å². The van der Waals surface area contributed by atoms with Crippen molar-refractivity contribution in [1.82, 2.24) is 9.97 Å². The predicted molar refractivity (Wildman–Crippen MR) is 113 cm³/mol. The molecule has 0 saturated carbocycles. The Kier molecular flexibility index (Phi) is 6.60. The molecule has 1 heterocycles. The van der Waals surface area contributed by atoms with Gasteiger partial charge in [-0.3, -0.25) is 10.1 Å². The Hall–Kier alpha value is -2.99. The Balaban J connectivity index is 2.04. The van der Waals surface area contributed by atoms with E-state index in [-0.39, 0.29) is 24.7 Å². The summed E-state index contributed by atoms with van der Waals surface area (Å²) in [6.45, 7) is 1.64. The van der Waals surface area contributed by atoms with Crippen LogP contribution in [0.2, 0.25) is 0 Å². The zero-order valence-corrected chi connectivity index (χ0v) is 17.7. The van der Waals surface area contributed by atoms with E-state index in [4.69, 9.17) is 5.11 Å². The van der Waals surface area contributed by atoms with Gasteiger partial charge in [0.25, 0.3) is 5.69 Å². The number of nitrogens with zero attached hydrogens (tertiary/aromatic N) is 3. The average Bonchev–Trinajstić information content (AvgIpc) is 2.71. The number of rotatable bonds is 7. The van der Waals surface area contributed by atoms with Crippen LogP contribution in [0.5, 0.6) is 0 Å². The van der Waals surface area contributed by atoms with Crippen molar-refractivity contribution in [3.8, 4) is 0 Å². The van der Waals surface area contributed by atoms with Gasteiger partial charge in [0.15, 0.2) is 0 Å². The van der Waals surface area contributed by atoms with E-state index < -0.39 is 28.4 Å². The van der Waals surface area contributed by atoms with E-state index in [1.165, 1.54) is 0 Å². The first-order valence-corrected chi connectivity index (χ1v) is 9.83. The molecular weight excluding hydrogens is 483 g/mol. The minimum atomic E-state index is -4.73. The highest BCUT2D eigenvalue weighted by atomic mass is 79.9. The van der Waals surface area contributed by atoms with Gasteiger partial charge in [-0.15, -0.1) is 0 Å². The van der Waals surface area contributed by atoms with Crippen LogP contribution >= 0.6 is 15.9 Å². The summed E-state index contributed by atoms with van der Waals surface area (Å²) in [4.78, 5) is 19.0. The first kappa shape index (κ1) is 22.7. The Morgan fingerprint density at radius 2 is 1.97 bits per heavy atom. The molecule has 0 unspecified atom stereocenters. The van der Waals surface area contributed by atoms with E-state index in [1.807, 2.05) is 0 Å². The van der Waals surface area contributed by atoms with Crippen molar-refractivity contribution in [3.63, 3.8) is 0 Å². The number of anilines is 2. The Morgan fingerprint density at radius 3 is 2.61 bits per heavy atom. The second-order valence-corrected chi connectivity index (χ2v) is 7.56. The Labute approximate surface area is 182 Å². The summed E-state index contributed by atoms with van der Waals surface area (Å²) in [5, 5.41) is 26.6. The molecule has 0 fully saturated rings. The third kappa shape index (κ3) is 5.39. The number of non-ortho nitro benzene ring substituents is 1. The molecule has 1 atom stereocenters. The first-order valence-electron chi connectivity index (χ1n) is 9.03. The lowest BCUT2D eigenvalue weighted by atomic mass is 10.0. The van der Waals surface area contributed by atoms with Gasteiger partial charge in [0.2, 0.25) is 5.95 Å². The number of halogens is 4. The van der Waals surface area contributed by atoms with E-state index in [2.05, 4.69) is 36.5 Å². The van der Waals surface area contributed by atoms with Gasteiger partial charge >= 0.3 is 6.18 Å². The highest BCUT2D eigenvalue weighted by molar-refractivity contribution is 9.10. The van der Waals surface area contributed by atoms with Gasteiger partial charge in [-0.2, -0.15) is 18.2 Å². The number of hydrogen-bond acceptors (Lipinski definition) is 7. The van der Waals surface area contributed by atoms with E-state index >= 15 is 0 Å². The number of hydrogen-bond donors (Lipinski definition) is 3. The normalized spacial score (nSPS) is 12.6. The quantitative estimate of drug-likeness (QED) is 0.313. The molecule has 0 aliphatic carbocycles. The molecule has 0 bridgehead atoms. The lowest BCUT2D eigenvalue weighted by molar-refractivity contribution is -0.385. The van der Waals surface area contributed by atoms with Gasteiger partial charge in [-0.25, -0.2) is 4.98 Å². The van der Waals surface area contributed by atoms with E-state index in [0.29, 0.717) is 22.8 Å². The minimum Gasteiger partial charge on any atom is -0.395 e. The Bertz CT molecular complexity index is 1130. The maximum Gasteiger partial charge on any atom is 0.416 e. The number of aromatic nitrogens is 2. The average molecular weight is 500 g/mol. The number of alkyl halides is 3. The third-order valence-corrected chi connectivity index (χ3v) is 4.88. The maximum absolute atomic E-state index is 13.2. The second kappa shape index (κ2) is 9.02. The van der Waals surface area contributed by atoms with E-state index in [9.17, 15) is 23.3 Å². The number of benzene rings is 2. The topological polar surface area (TPSA) is 113 Å². The standard InChI is InChI=1S/C19H17BrF3N5O3/c1-10(11-6-12(19(21,22)23)8-14(7-11)28(30)31)25-17-15-9-13(20)2-3-16(15)26-18(27-17)24-4-5-29/h2-3,6-10,29H,4-5H2,1H3,(H2,24,25,26,27)/t10-/m1/s1. The number of aliphatic hydroxyl groups is 1. The molecule has 0 saturated heterocycles. The van der Waals surface area contributed by atoms with Crippen molar-refractivity contribution in [3.05, 3.63) is 62.1 Å². The molecule has 12 heteroatoms. The van der Waals surface area contributed by atoms with Gasteiger partial charge < -0.3 is 15.7 Å². The van der Waals surface area contributed by atoms with Gasteiger partial charge in [-0.1, -0.05) is 15.9 Å². The highest BCUT2D eigenvalue weighted by Gasteiger charge is 2.33. The number of nitrogens with one attached hydrogen (secondary N) is 2. The van der Waals surface area contributed by atoms with Gasteiger partial charge in [0.05, 0.1) is 28.7 Å². The lowest BCUT2D eigenvalue weighted by Crippen LogP contribution is -2.14. The smallest absolute Gasteiger partial charge is 0.395 e. The number of nitro benzene ring substituents is 1. The van der Waals surface area contributed by atoms with E-state index in [1.54, 1.807) is 25.1 Å². The van der Waals surface area contributed by atoms with Crippen molar-refractivity contribution in [1.29, 1.82) is 0 Å². The van der Waals surface area contributed by atoms with Crippen LogP contribution in [-0.4, -0.2) is 33.1 Å². The fraction of sp³-hybridized carbons (Fsp3) is 0.263. The lowest BCUT2D eigenvalue weighted by Gasteiger charge is -2.19. The number of nitro groups is 1. The van der Waals surface area contributed by atoms with Crippen LogP contribution in [0.1, 0.15) is 24.1 Å². The number of aliphatic hydroxyl groups excluding tert-OH is 1. The second-order valence-electron chi connectivity index (χ2n) is 6.64. The zero-order valence-electron chi connectivity index (χ0n) is 16.1. The molecule has 0 aliphatic rings. The molecular formula is C19H17BrF3N5O3. The molecule has 0 spiro atoms. The molecule has 31 heavy (non-hydrogen) atoms. The molecule has 8 nitrogen and oxygen atoms in total. The van der Waals surface area contributed by atoms with Gasteiger partial charge in [-0.05, 0) is 36.8 Å². The van der Waals surface area contributed by atoms with Crippen LogP contribution in [0, 0.1) is 10.1 Å². The molecule has 0 aliphatic heterocycles. The number of fused-ring (bicyclic) bond motifs is 1. The third-order valence-electron chi connectivity index (χ3n) is 4.38.